The molecule has 0 aromatic heterocycles. The largest absolute Gasteiger partial charge is 0.466 e. The topological polar surface area (TPSA) is 21.6 Å². The molecule has 0 N–H and O–H groups in total. The Hall–Kier alpha value is -1.38. The van der Waals surface area contributed by atoms with Crippen molar-refractivity contribution >= 4 is 5.90 Å². The molecule has 0 saturated heterocycles. The predicted molar refractivity (Wildman–Crippen MR) is 53.3 cm³/mol. The number of hydrogen-bond donors (Lipinski definition) is 0. The van der Waals surface area contributed by atoms with Crippen molar-refractivity contribution in [1.29, 1.82) is 0 Å². The van der Waals surface area contributed by atoms with Gasteiger partial charge in [0, 0.05) is 5.56 Å². The van der Waals surface area contributed by atoms with E-state index in [1.807, 2.05) is 30.3 Å². The average molecular weight is 193 g/mol. The van der Waals surface area contributed by atoms with Crippen LogP contribution in [0.3, 0.4) is 0 Å². The molecule has 1 heterocycles. The van der Waals surface area contributed by atoms with Crippen LogP contribution in [0.2, 0.25) is 0 Å². The van der Waals surface area contributed by atoms with E-state index in [2.05, 4.69) is 4.99 Å². The second-order valence-corrected chi connectivity index (χ2v) is 3.67. The summed E-state index contributed by atoms with van der Waals surface area (Å²) in [4.78, 5) is 4.18. The summed E-state index contributed by atoms with van der Waals surface area (Å²) in [7, 11) is 0. The first-order valence-electron chi connectivity index (χ1n) is 4.58. The standard InChI is InChI=1S/C11H12FNO/c1-11(7-12)8-13-10(14-11)9-5-3-2-4-6-9/h2-6H,7-8H2,1H3. The van der Waals surface area contributed by atoms with Crippen LogP contribution >= 0.6 is 0 Å². The van der Waals surface area contributed by atoms with Crippen LogP contribution in [0, 0.1) is 0 Å². The molecule has 2 rings (SSSR count). The van der Waals surface area contributed by atoms with Crippen molar-refractivity contribution in [3.8, 4) is 0 Å². The zero-order valence-corrected chi connectivity index (χ0v) is 8.03. The van der Waals surface area contributed by atoms with Crippen molar-refractivity contribution in [2.75, 3.05) is 13.2 Å². The van der Waals surface area contributed by atoms with Gasteiger partial charge in [0.05, 0.1) is 6.54 Å². The summed E-state index contributed by atoms with van der Waals surface area (Å²) in [6, 6.07) is 9.55. The van der Waals surface area contributed by atoms with E-state index in [4.69, 9.17) is 4.74 Å². The minimum atomic E-state index is -0.759. The van der Waals surface area contributed by atoms with E-state index in [1.54, 1.807) is 6.92 Å². The maximum Gasteiger partial charge on any atom is 0.216 e. The van der Waals surface area contributed by atoms with Crippen LogP contribution in [0.15, 0.2) is 35.3 Å². The van der Waals surface area contributed by atoms with Gasteiger partial charge in [0.25, 0.3) is 0 Å². The number of alkyl halides is 1. The van der Waals surface area contributed by atoms with Gasteiger partial charge < -0.3 is 4.74 Å². The smallest absolute Gasteiger partial charge is 0.216 e. The fourth-order valence-electron chi connectivity index (χ4n) is 1.34. The molecular formula is C11H12FNO. The maximum atomic E-state index is 12.6. The van der Waals surface area contributed by atoms with E-state index < -0.39 is 12.3 Å². The molecule has 0 bridgehead atoms. The van der Waals surface area contributed by atoms with Gasteiger partial charge in [0.2, 0.25) is 5.90 Å². The molecule has 3 heteroatoms. The van der Waals surface area contributed by atoms with Crippen LogP contribution in [-0.2, 0) is 4.74 Å². The van der Waals surface area contributed by atoms with E-state index in [1.165, 1.54) is 0 Å². The Bertz CT molecular complexity index is 350. The highest BCUT2D eigenvalue weighted by atomic mass is 19.1. The van der Waals surface area contributed by atoms with E-state index in [9.17, 15) is 4.39 Å². The highest BCUT2D eigenvalue weighted by molar-refractivity contribution is 5.95. The summed E-state index contributed by atoms with van der Waals surface area (Å²) in [5, 5.41) is 0. The third kappa shape index (κ3) is 1.62. The van der Waals surface area contributed by atoms with E-state index in [-0.39, 0.29) is 0 Å². The predicted octanol–water partition coefficient (Wildman–Crippen LogP) is 2.19. The summed E-state index contributed by atoms with van der Waals surface area (Å²) >= 11 is 0. The molecule has 0 amide bonds. The Balaban J connectivity index is 2.17. The summed E-state index contributed by atoms with van der Waals surface area (Å²) in [6.07, 6.45) is 0. The van der Waals surface area contributed by atoms with Crippen molar-refractivity contribution in [1.82, 2.24) is 0 Å². The zero-order valence-electron chi connectivity index (χ0n) is 8.03. The lowest BCUT2D eigenvalue weighted by molar-refractivity contribution is 0.0778. The van der Waals surface area contributed by atoms with Crippen molar-refractivity contribution in [2.24, 2.45) is 4.99 Å². The Morgan fingerprint density at radius 3 is 2.71 bits per heavy atom. The summed E-state index contributed by atoms with van der Waals surface area (Å²) in [5.41, 5.74) is 0.148. The van der Waals surface area contributed by atoms with Crippen LogP contribution in [0.25, 0.3) is 0 Å². The van der Waals surface area contributed by atoms with E-state index >= 15 is 0 Å². The molecule has 2 nitrogen and oxygen atoms in total. The van der Waals surface area contributed by atoms with Crippen LogP contribution in [0.1, 0.15) is 12.5 Å². The molecule has 0 aliphatic carbocycles. The fourth-order valence-corrected chi connectivity index (χ4v) is 1.34. The molecule has 0 radical (unpaired) electrons. The van der Waals surface area contributed by atoms with Gasteiger partial charge in [-0.05, 0) is 19.1 Å². The third-order valence-corrected chi connectivity index (χ3v) is 2.20. The molecule has 0 saturated carbocycles. The Labute approximate surface area is 82.4 Å². The molecule has 1 aromatic carbocycles. The number of nitrogens with zero attached hydrogens (tertiary/aromatic N) is 1. The molecule has 14 heavy (non-hydrogen) atoms. The first-order chi connectivity index (χ1) is 6.73. The van der Waals surface area contributed by atoms with Gasteiger partial charge in [-0.2, -0.15) is 0 Å². The second-order valence-electron chi connectivity index (χ2n) is 3.67. The van der Waals surface area contributed by atoms with Crippen molar-refractivity contribution in [3.63, 3.8) is 0 Å². The highest BCUT2D eigenvalue weighted by Gasteiger charge is 2.33. The number of ether oxygens (including phenoxy) is 1. The Morgan fingerprint density at radius 2 is 2.14 bits per heavy atom. The molecule has 0 fully saturated rings. The monoisotopic (exact) mass is 193 g/mol. The Morgan fingerprint density at radius 1 is 1.43 bits per heavy atom. The number of benzene rings is 1. The Kier molecular flexibility index (Phi) is 2.23. The molecule has 0 spiro atoms. The van der Waals surface area contributed by atoms with Crippen LogP contribution in [-0.4, -0.2) is 24.7 Å². The van der Waals surface area contributed by atoms with Crippen molar-refractivity contribution < 1.29 is 9.13 Å². The average Bonchev–Trinajstić information content (AvgIpc) is 2.63. The number of rotatable bonds is 2. The molecule has 1 atom stereocenters. The lowest BCUT2D eigenvalue weighted by Gasteiger charge is -2.19. The lowest BCUT2D eigenvalue weighted by Crippen LogP contribution is -2.31. The van der Waals surface area contributed by atoms with Crippen LogP contribution in [0.5, 0.6) is 0 Å². The number of halogens is 1. The van der Waals surface area contributed by atoms with Gasteiger partial charge in [-0.1, -0.05) is 18.2 Å². The highest BCUT2D eigenvalue weighted by Crippen LogP contribution is 2.21. The second kappa shape index (κ2) is 3.40. The third-order valence-electron chi connectivity index (χ3n) is 2.20. The van der Waals surface area contributed by atoms with Gasteiger partial charge >= 0.3 is 0 Å². The van der Waals surface area contributed by atoms with Crippen LogP contribution < -0.4 is 0 Å². The number of hydrogen-bond acceptors (Lipinski definition) is 2. The SMILES string of the molecule is CC1(CF)CN=C(c2ccccc2)O1. The minimum absolute atomic E-state index is 0.397. The van der Waals surface area contributed by atoms with Gasteiger partial charge in [-0.25, -0.2) is 9.38 Å². The first-order valence-corrected chi connectivity index (χ1v) is 4.58. The molecule has 1 aliphatic heterocycles. The lowest BCUT2D eigenvalue weighted by atomic mass is 10.1. The zero-order chi connectivity index (χ0) is 10.0. The quantitative estimate of drug-likeness (QED) is 0.705. The minimum Gasteiger partial charge on any atom is -0.466 e. The normalized spacial score (nSPS) is 25.7. The molecule has 1 aliphatic rings. The van der Waals surface area contributed by atoms with Crippen molar-refractivity contribution in [2.45, 2.75) is 12.5 Å². The van der Waals surface area contributed by atoms with Gasteiger partial charge in [0.15, 0.2) is 5.60 Å². The number of aliphatic imine (C=N–C) groups is 1. The maximum absolute atomic E-state index is 12.6. The fraction of sp³-hybridized carbons (Fsp3) is 0.364. The molecule has 1 unspecified atom stereocenters. The summed E-state index contributed by atoms with van der Waals surface area (Å²) < 4.78 is 18.0. The molecular weight excluding hydrogens is 181 g/mol. The molecule has 1 aromatic rings. The van der Waals surface area contributed by atoms with Gasteiger partial charge in [-0.15, -0.1) is 0 Å². The van der Waals surface area contributed by atoms with Gasteiger partial charge in [0.1, 0.15) is 6.67 Å². The van der Waals surface area contributed by atoms with E-state index in [0.29, 0.717) is 12.4 Å². The molecule has 74 valence electrons. The van der Waals surface area contributed by atoms with Crippen LogP contribution in [0.4, 0.5) is 4.39 Å². The first kappa shape index (κ1) is 9.19. The summed E-state index contributed by atoms with van der Waals surface area (Å²) in [5.74, 6) is 0.547. The summed E-state index contributed by atoms with van der Waals surface area (Å²) in [6.45, 7) is 1.62. The van der Waals surface area contributed by atoms with E-state index in [0.717, 1.165) is 5.56 Å². The van der Waals surface area contributed by atoms with Gasteiger partial charge in [-0.3, -0.25) is 0 Å². The van der Waals surface area contributed by atoms with Crippen molar-refractivity contribution in [3.05, 3.63) is 35.9 Å².